The highest BCUT2D eigenvalue weighted by Gasteiger charge is 2.17. The smallest absolute Gasteiger partial charge is 0.265 e. The average molecular weight is 335 g/mol. The number of anilines is 1. The van der Waals surface area contributed by atoms with Crippen LogP contribution in [-0.2, 0) is 4.79 Å². The van der Waals surface area contributed by atoms with Crippen molar-refractivity contribution in [3.63, 3.8) is 0 Å². The number of carbonyl (C=O) groups is 1. The van der Waals surface area contributed by atoms with Gasteiger partial charge in [0.2, 0.25) is 0 Å². The molecule has 1 unspecified atom stereocenters. The van der Waals surface area contributed by atoms with Crippen LogP contribution in [-0.4, -0.2) is 12.0 Å². The minimum absolute atomic E-state index is 0.324. The molecule has 0 bridgehead atoms. The normalized spacial score (nSPS) is 11.4. The van der Waals surface area contributed by atoms with Gasteiger partial charge in [-0.25, -0.2) is 0 Å². The second-order valence-corrected chi connectivity index (χ2v) is 5.33. The number of nitrogens with zero attached hydrogens (tertiary/aromatic N) is 1. The number of amides is 1. The number of benzene rings is 2. The maximum Gasteiger partial charge on any atom is 0.265 e. The Hall–Kier alpha value is -2.22. The summed E-state index contributed by atoms with van der Waals surface area (Å²) in [6, 6.07) is 13.5. The lowest BCUT2D eigenvalue weighted by Gasteiger charge is -2.16. The molecule has 22 heavy (non-hydrogen) atoms. The zero-order valence-corrected chi connectivity index (χ0v) is 13.2. The van der Waals surface area contributed by atoms with Crippen molar-refractivity contribution in [1.82, 2.24) is 0 Å². The minimum atomic E-state index is -0.787. The van der Waals surface area contributed by atoms with E-state index in [1.165, 1.54) is 6.07 Å². The van der Waals surface area contributed by atoms with Gasteiger partial charge >= 0.3 is 0 Å². The maximum absolute atomic E-state index is 12.1. The van der Waals surface area contributed by atoms with Crippen molar-refractivity contribution in [2.75, 3.05) is 5.32 Å². The van der Waals surface area contributed by atoms with Crippen LogP contribution < -0.4 is 10.1 Å². The Bertz CT molecular complexity index is 741. The van der Waals surface area contributed by atoms with E-state index in [0.717, 1.165) is 0 Å². The Balaban J connectivity index is 2.08. The third-order valence-electron chi connectivity index (χ3n) is 2.87. The standard InChI is InChI=1S/C16H12Cl2N2O2/c1-10(22-15-7-6-12(17)8-13(15)18)16(21)20-14-5-3-2-4-11(14)9-19/h2-8,10H,1H3,(H,20,21). The van der Waals surface area contributed by atoms with Crippen LogP contribution in [0.25, 0.3) is 0 Å². The predicted molar refractivity (Wildman–Crippen MR) is 86.3 cm³/mol. The number of hydrogen-bond donors (Lipinski definition) is 1. The highest BCUT2D eigenvalue weighted by molar-refractivity contribution is 6.35. The van der Waals surface area contributed by atoms with Crippen LogP contribution in [0.1, 0.15) is 12.5 Å². The molecule has 0 saturated carbocycles. The Morgan fingerprint density at radius 3 is 2.68 bits per heavy atom. The van der Waals surface area contributed by atoms with Gasteiger partial charge in [0.1, 0.15) is 11.8 Å². The highest BCUT2D eigenvalue weighted by Crippen LogP contribution is 2.28. The van der Waals surface area contributed by atoms with Gasteiger partial charge in [0.25, 0.3) is 5.91 Å². The molecule has 0 spiro atoms. The molecule has 2 aromatic carbocycles. The first-order valence-corrected chi connectivity index (χ1v) is 7.18. The van der Waals surface area contributed by atoms with Gasteiger partial charge in [-0.3, -0.25) is 4.79 Å². The summed E-state index contributed by atoms with van der Waals surface area (Å²) >= 11 is 11.8. The third kappa shape index (κ3) is 3.91. The van der Waals surface area contributed by atoms with Crippen molar-refractivity contribution >= 4 is 34.8 Å². The van der Waals surface area contributed by atoms with Gasteiger partial charge in [-0.15, -0.1) is 0 Å². The van der Waals surface area contributed by atoms with E-state index >= 15 is 0 Å². The highest BCUT2D eigenvalue weighted by atomic mass is 35.5. The van der Waals surface area contributed by atoms with Gasteiger partial charge in [0.15, 0.2) is 6.10 Å². The van der Waals surface area contributed by atoms with E-state index in [-0.39, 0.29) is 5.91 Å². The lowest BCUT2D eigenvalue weighted by Crippen LogP contribution is -2.30. The number of nitriles is 1. The third-order valence-corrected chi connectivity index (χ3v) is 3.40. The van der Waals surface area contributed by atoms with Crippen molar-refractivity contribution in [3.8, 4) is 11.8 Å². The summed E-state index contributed by atoms with van der Waals surface area (Å²) in [5.41, 5.74) is 0.820. The molecule has 0 radical (unpaired) electrons. The molecule has 0 aliphatic rings. The van der Waals surface area contributed by atoms with Gasteiger partial charge in [-0.05, 0) is 37.3 Å². The molecule has 0 heterocycles. The Morgan fingerprint density at radius 1 is 1.27 bits per heavy atom. The van der Waals surface area contributed by atoms with Crippen molar-refractivity contribution in [3.05, 3.63) is 58.1 Å². The number of rotatable bonds is 4. The van der Waals surface area contributed by atoms with E-state index in [4.69, 9.17) is 33.2 Å². The second-order valence-electron chi connectivity index (χ2n) is 4.48. The number of hydrogen-bond acceptors (Lipinski definition) is 3. The van der Waals surface area contributed by atoms with Gasteiger partial charge in [-0.2, -0.15) is 5.26 Å². The molecular formula is C16H12Cl2N2O2. The molecule has 4 nitrogen and oxygen atoms in total. The molecule has 0 aromatic heterocycles. The zero-order chi connectivity index (χ0) is 16.1. The van der Waals surface area contributed by atoms with Crippen LogP contribution in [0.4, 0.5) is 5.69 Å². The summed E-state index contributed by atoms with van der Waals surface area (Å²) in [7, 11) is 0. The molecule has 0 fully saturated rings. The topological polar surface area (TPSA) is 62.1 Å². The fourth-order valence-corrected chi connectivity index (χ4v) is 2.19. The molecule has 1 amide bonds. The van der Waals surface area contributed by atoms with Crippen molar-refractivity contribution in [2.24, 2.45) is 0 Å². The zero-order valence-electron chi connectivity index (χ0n) is 11.6. The molecular weight excluding hydrogens is 323 g/mol. The summed E-state index contributed by atoms with van der Waals surface area (Å²) in [6.45, 7) is 1.59. The molecule has 112 valence electrons. The molecule has 1 N–H and O–H groups in total. The fraction of sp³-hybridized carbons (Fsp3) is 0.125. The fourth-order valence-electron chi connectivity index (χ4n) is 1.74. The van der Waals surface area contributed by atoms with E-state index in [0.29, 0.717) is 27.0 Å². The molecule has 0 aliphatic carbocycles. The van der Waals surface area contributed by atoms with Gasteiger partial charge in [0, 0.05) is 5.02 Å². The second kappa shape index (κ2) is 7.17. The van der Waals surface area contributed by atoms with E-state index in [1.807, 2.05) is 6.07 Å². The number of carbonyl (C=O) groups excluding carboxylic acids is 1. The van der Waals surface area contributed by atoms with Crippen molar-refractivity contribution in [2.45, 2.75) is 13.0 Å². The summed E-state index contributed by atoms with van der Waals surface area (Å²) in [6.07, 6.45) is -0.787. The van der Waals surface area contributed by atoms with Crippen LogP contribution in [0, 0.1) is 11.3 Å². The van der Waals surface area contributed by atoms with E-state index in [9.17, 15) is 4.79 Å². The lowest BCUT2D eigenvalue weighted by molar-refractivity contribution is -0.122. The average Bonchev–Trinajstić information content (AvgIpc) is 2.50. The summed E-state index contributed by atoms with van der Waals surface area (Å²) < 4.78 is 5.52. The largest absolute Gasteiger partial charge is 0.479 e. The SMILES string of the molecule is CC(Oc1ccc(Cl)cc1Cl)C(=O)Nc1ccccc1C#N. The van der Waals surface area contributed by atoms with Crippen LogP contribution in [0.15, 0.2) is 42.5 Å². The van der Waals surface area contributed by atoms with Crippen LogP contribution in [0.2, 0.25) is 10.0 Å². The Morgan fingerprint density at radius 2 is 2.00 bits per heavy atom. The van der Waals surface area contributed by atoms with Crippen LogP contribution >= 0.6 is 23.2 Å². The summed E-state index contributed by atoms with van der Waals surface area (Å²) in [5, 5.41) is 12.5. The molecule has 2 aromatic rings. The number of nitrogens with one attached hydrogen (secondary N) is 1. The number of halogens is 2. The van der Waals surface area contributed by atoms with Gasteiger partial charge < -0.3 is 10.1 Å². The first-order valence-electron chi connectivity index (χ1n) is 6.43. The summed E-state index contributed by atoms with van der Waals surface area (Å²) in [4.78, 5) is 12.1. The summed E-state index contributed by atoms with van der Waals surface area (Å²) in [5.74, 6) is -0.0176. The molecule has 0 saturated heterocycles. The quantitative estimate of drug-likeness (QED) is 0.907. The molecule has 2 rings (SSSR count). The number of para-hydroxylation sites is 1. The number of ether oxygens (including phenoxy) is 1. The molecule has 1 atom stereocenters. The van der Waals surface area contributed by atoms with E-state index < -0.39 is 6.10 Å². The van der Waals surface area contributed by atoms with E-state index in [2.05, 4.69) is 5.32 Å². The Kier molecular flexibility index (Phi) is 5.26. The first-order chi connectivity index (χ1) is 10.5. The van der Waals surface area contributed by atoms with Crippen molar-refractivity contribution in [1.29, 1.82) is 5.26 Å². The van der Waals surface area contributed by atoms with E-state index in [1.54, 1.807) is 43.3 Å². The first kappa shape index (κ1) is 16.2. The van der Waals surface area contributed by atoms with Crippen LogP contribution in [0.3, 0.4) is 0 Å². The minimum Gasteiger partial charge on any atom is -0.479 e. The Labute approximate surface area is 138 Å². The molecule has 6 heteroatoms. The van der Waals surface area contributed by atoms with Gasteiger partial charge in [0.05, 0.1) is 16.3 Å². The lowest BCUT2D eigenvalue weighted by atomic mass is 10.2. The monoisotopic (exact) mass is 334 g/mol. The van der Waals surface area contributed by atoms with Gasteiger partial charge in [-0.1, -0.05) is 35.3 Å². The maximum atomic E-state index is 12.1. The predicted octanol–water partition coefficient (Wildman–Crippen LogP) is 4.27. The molecule has 0 aliphatic heterocycles. The van der Waals surface area contributed by atoms with Crippen molar-refractivity contribution < 1.29 is 9.53 Å². The van der Waals surface area contributed by atoms with Crippen LogP contribution in [0.5, 0.6) is 5.75 Å².